The minimum atomic E-state index is -0.676. The molecular formula is C21H28FN3O4. The molecule has 158 valence electrons. The summed E-state index contributed by atoms with van der Waals surface area (Å²) in [4.78, 5) is 41.4. The van der Waals surface area contributed by atoms with Crippen LogP contribution in [0.2, 0.25) is 0 Å². The number of carbonyl (C=O) groups excluding carboxylic acids is 3. The Morgan fingerprint density at radius 3 is 2.28 bits per heavy atom. The van der Waals surface area contributed by atoms with Crippen molar-refractivity contribution in [1.82, 2.24) is 15.1 Å². The van der Waals surface area contributed by atoms with Gasteiger partial charge in [-0.2, -0.15) is 0 Å². The zero-order valence-electron chi connectivity index (χ0n) is 16.7. The number of halogens is 1. The summed E-state index contributed by atoms with van der Waals surface area (Å²) in [5.74, 6) is -0.895. The number of piperidine rings is 1. The van der Waals surface area contributed by atoms with Gasteiger partial charge in [-0.3, -0.25) is 14.4 Å². The Hall–Kier alpha value is -2.48. The van der Waals surface area contributed by atoms with E-state index in [1.165, 1.54) is 24.3 Å². The van der Waals surface area contributed by atoms with E-state index in [9.17, 15) is 18.8 Å². The van der Waals surface area contributed by atoms with Crippen molar-refractivity contribution in [1.29, 1.82) is 0 Å². The lowest BCUT2D eigenvalue weighted by Crippen LogP contribution is -2.56. The van der Waals surface area contributed by atoms with E-state index in [1.807, 2.05) is 11.8 Å². The van der Waals surface area contributed by atoms with E-state index in [4.69, 9.17) is 4.74 Å². The number of likely N-dealkylation sites (tertiary alicyclic amines) is 1. The van der Waals surface area contributed by atoms with E-state index >= 15 is 0 Å². The van der Waals surface area contributed by atoms with Crippen molar-refractivity contribution in [3.05, 3.63) is 35.6 Å². The van der Waals surface area contributed by atoms with E-state index in [0.29, 0.717) is 64.2 Å². The average Bonchev–Trinajstić information content (AvgIpc) is 2.77. The zero-order valence-corrected chi connectivity index (χ0v) is 16.7. The molecular weight excluding hydrogens is 377 g/mol. The lowest BCUT2D eigenvalue weighted by molar-refractivity contribution is -0.139. The molecule has 2 aliphatic heterocycles. The lowest BCUT2D eigenvalue weighted by Gasteiger charge is -2.38. The fraction of sp³-hybridized carbons (Fsp3) is 0.571. The van der Waals surface area contributed by atoms with Crippen LogP contribution in [-0.2, 0) is 14.3 Å². The Morgan fingerprint density at radius 2 is 1.69 bits per heavy atom. The predicted molar refractivity (Wildman–Crippen MR) is 105 cm³/mol. The highest BCUT2D eigenvalue weighted by Gasteiger charge is 2.36. The molecule has 8 heteroatoms. The zero-order chi connectivity index (χ0) is 20.8. The van der Waals surface area contributed by atoms with Crippen LogP contribution >= 0.6 is 0 Å². The number of nitrogens with one attached hydrogen (secondary N) is 1. The molecule has 0 radical (unpaired) electrons. The highest BCUT2D eigenvalue weighted by Crippen LogP contribution is 2.23. The van der Waals surface area contributed by atoms with Gasteiger partial charge in [0.25, 0.3) is 5.91 Å². The van der Waals surface area contributed by atoms with Crippen molar-refractivity contribution in [2.45, 2.75) is 32.2 Å². The summed E-state index contributed by atoms with van der Waals surface area (Å²) in [5.41, 5.74) is 0.310. The smallest absolute Gasteiger partial charge is 0.251 e. The van der Waals surface area contributed by atoms with Crippen LogP contribution in [0, 0.1) is 11.7 Å². The normalized spacial score (nSPS) is 19.0. The van der Waals surface area contributed by atoms with Crippen LogP contribution in [0.1, 0.15) is 36.5 Å². The van der Waals surface area contributed by atoms with E-state index in [-0.39, 0.29) is 17.7 Å². The molecule has 29 heavy (non-hydrogen) atoms. The number of hydrogen-bond acceptors (Lipinski definition) is 4. The maximum atomic E-state index is 13.2. The minimum Gasteiger partial charge on any atom is -0.378 e. The maximum absolute atomic E-state index is 13.2. The predicted octanol–water partition coefficient (Wildman–Crippen LogP) is 1.43. The summed E-state index contributed by atoms with van der Waals surface area (Å²) >= 11 is 0. The minimum absolute atomic E-state index is 0.0596. The standard InChI is InChI=1S/C21H28FN3O4/c1-2-18(26)24-9-7-15(8-10-24)19(21(28)25-11-13-29-14-12-25)23-20(27)16-3-5-17(22)6-4-16/h3-6,15,19H,2,7-14H2,1H3,(H,23,27)/t19-/m1/s1. The third kappa shape index (κ3) is 5.32. The van der Waals surface area contributed by atoms with Crippen molar-refractivity contribution in [2.24, 2.45) is 5.92 Å². The molecule has 2 fully saturated rings. The van der Waals surface area contributed by atoms with Gasteiger partial charge in [-0.15, -0.1) is 0 Å². The quantitative estimate of drug-likeness (QED) is 0.804. The molecule has 0 aliphatic carbocycles. The molecule has 1 atom stereocenters. The third-order valence-corrected chi connectivity index (χ3v) is 5.65. The molecule has 0 aromatic heterocycles. The molecule has 7 nitrogen and oxygen atoms in total. The summed E-state index contributed by atoms with van der Waals surface area (Å²) in [7, 11) is 0. The van der Waals surface area contributed by atoms with Crippen molar-refractivity contribution in [2.75, 3.05) is 39.4 Å². The van der Waals surface area contributed by atoms with Crippen LogP contribution in [0.25, 0.3) is 0 Å². The van der Waals surface area contributed by atoms with E-state index in [0.717, 1.165) is 0 Å². The fourth-order valence-corrected chi connectivity index (χ4v) is 3.89. The van der Waals surface area contributed by atoms with Gasteiger partial charge in [0.15, 0.2) is 0 Å². The summed E-state index contributed by atoms with van der Waals surface area (Å²) in [6, 6.07) is 4.59. The van der Waals surface area contributed by atoms with Gasteiger partial charge in [-0.1, -0.05) is 6.92 Å². The number of hydrogen-bond donors (Lipinski definition) is 1. The molecule has 0 saturated carbocycles. The van der Waals surface area contributed by atoms with Crippen LogP contribution in [0.15, 0.2) is 24.3 Å². The van der Waals surface area contributed by atoms with Crippen LogP contribution in [-0.4, -0.2) is 73.0 Å². The number of morpholine rings is 1. The highest BCUT2D eigenvalue weighted by atomic mass is 19.1. The summed E-state index contributed by atoms with van der Waals surface area (Å²) < 4.78 is 18.5. The number of carbonyl (C=O) groups is 3. The summed E-state index contributed by atoms with van der Waals surface area (Å²) in [6.07, 6.45) is 1.76. The van der Waals surface area contributed by atoms with Gasteiger partial charge < -0.3 is 19.9 Å². The molecule has 1 aromatic carbocycles. The number of benzene rings is 1. The lowest BCUT2D eigenvalue weighted by atomic mass is 9.88. The molecule has 0 bridgehead atoms. The average molecular weight is 405 g/mol. The Balaban J connectivity index is 1.72. The van der Waals surface area contributed by atoms with Gasteiger partial charge in [0, 0.05) is 38.2 Å². The first-order valence-corrected chi connectivity index (χ1v) is 10.2. The largest absolute Gasteiger partial charge is 0.378 e. The summed E-state index contributed by atoms with van der Waals surface area (Å²) in [6.45, 7) is 4.95. The number of amides is 3. The van der Waals surface area contributed by atoms with E-state index in [2.05, 4.69) is 5.32 Å². The second-order valence-corrected chi connectivity index (χ2v) is 7.47. The van der Waals surface area contributed by atoms with Gasteiger partial charge in [-0.25, -0.2) is 4.39 Å². The second kappa shape index (κ2) is 9.82. The van der Waals surface area contributed by atoms with E-state index < -0.39 is 17.8 Å². The molecule has 3 amide bonds. The van der Waals surface area contributed by atoms with Gasteiger partial charge in [0.05, 0.1) is 13.2 Å². The monoisotopic (exact) mass is 405 g/mol. The maximum Gasteiger partial charge on any atom is 0.251 e. The molecule has 2 aliphatic rings. The van der Waals surface area contributed by atoms with Crippen LogP contribution < -0.4 is 5.32 Å². The van der Waals surface area contributed by atoms with E-state index in [1.54, 1.807) is 4.90 Å². The second-order valence-electron chi connectivity index (χ2n) is 7.47. The molecule has 2 heterocycles. The molecule has 1 N–H and O–H groups in total. The first-order valence-electron chi connectivity index (χ1n) is 10.2. The van der Waals surface area contributed by atoms with Crippen molar-refractivity contribution < 1.29 is 23.5 Å². The van der Waals surface area contributed by atoms with Gasteiger partial charge in [0.1, 0.15) is 11.9 Å². The SMILES string of the molecule is CCC(=O)N1CCC([C@@H](NC(=O)c2ccc(F)cc2)C(=O)N2CCOCC2)CC1. The number of rotatable bonds is 5. The molecule has 0 unspecified atom stereocenters. The van der Waals surface area contributed by atoms with Crippen LogP contribution in [0.4, 0.5) is 4.39 Å². The third-order valence-electron chi connectivity index (χ3n) is 5.65. The molecule has 1 aromatic rings. The molecule has 0 spiro atoms. The van der Waals surface area contributed by atoms with Crippen LogP contribution in [0.3, 0.4) is 0 Å². The van der Waals surface area contributed by atoms with Crippen molar-refractivity contribution in [3.8, 4) is 0 Å². The Kier molecular flexibility index (Phi) is 7.19. The molecule has 3 rings (SSSR count). The Bertz CT molecular complexity index is 726. The van der Waals surface area contributed by atoms with Crippen LogP contribution in [0.5, 0.6) is 0 Å². The number of nitrogens with zero attached hydrogens (tertiary/aromatic N) is 2. The first kappa shape index (κ1) is 21.2. The van der Waals surface area contributed by atoms with Crippen molar-refractivity contribution >= 4 is 17.7 Å². The van der Waals surface area contributed by atoms with Gasteiger partial charge >= 0.3 is 0 Å². The molecule has 2 saturated heterocycles. The topological polar surface area (TPSA) is 79.0 Å². The summed E-state index contributed by atoms with van der Waals surface area (Å²) in [5, 5.41) is 2.88. The van der Waals surface area contributed by atoms with Gasteiger partial charge in [0.2, 0.25) is 11.8 Å². The fourth-order valence-electron chi connectivity index (χ4n) is 3.89. The Labute approximate surface area is 170 Å². The number of ether oxygens (including phenoxy) is 1. The van der Waals surface area contributed by atoms with Gasteiger partial charge in [-0.05, 0) is 43.0 Å². The highest BCUT2D eigenvalue weighted by molar-refractivity contribution is 5.97. The Morgan fingerprint density at radius 1 is 1.07 bits per heavy atom. The van der Waals surface area contributed by atoms with Crippen molar-refractivity contribution in [3.63, 3.8) is 0 Å². The first-order chi connectivity index (χ1) is 14.0.